The molecule has 1 aromatic carbocycles. The Morgan fingerprint density at radius 2 is 1.97 bits per heavy atom. The highest BCUT2D eigenvalue weighted by Gasteiger charge is 2.56. The lowest BCUT2D eigenvalue weighted by Gasteiger charge is -2.46. The molecule has 30 heavy (non-hydrogen) atoms. The smallest absolute Gasteiger partial charge is 0.377 e. The molecule has 0 aromatic heterocycles. The lowest BCUT2D eigenvalue weighted by molar-refractivity contribution is -0.384. The Labute approximate surface area is 169 Å². The molecular formula is C17H22N2O11. The fourth-order valence-corrected chi connectivity index (χ4v) is 3.06. The lowest BCUT2D eigenvalue weighted by atomic mass is 9.88. The zero-order chi connectivity index (χ0) is 22.6. The van der Waals surface area contributed by atoms with Gasteiger partial charge in [-0.25, -0.2) is 4.79 Å². The zero-order valence-electron chi connectivity index (χ0n) is 15.7. The van der Waals surface area contributed by atoms with E-state index in [1.54, 1.807) is 0 Å². The molecule has 0 bridgehead atoms. The monoisotopic (exact) mass is 430 g/mol. The molecule has 13 heteroatoms. The lowest BCUT2D eigenvalue weighted by Crippen LogP contribution is -2.68. The van der Waals surface area contributed by atoms with E-state index in [0.29, 0.717) is 0 Å². The van der Waals surface area contributed by atoms with E-state index in [1.807, 2.05) is 0 Å². The number of aliphatic carboxylic acids is 1. The minimum absolute atomic E-state index is 0.149. The van der Waals surface area contributed by atoms with E-state index in [1.165, 1.54) is 0 Å². The molecule has 1 amide bonds. The van der Waals surface area contributed by atoms with Crippen LogP contribution in [0.2, 0.25) is 0 Å². The number of non-ortho nitro benzene ring substituents is 1. The van der Waals surface area contributed by atoms with Crippen molar-refractivity contribution in [1.82, 2.24) is 5.32 Å². The number of rotatable bonds is 8. The van der Waals surface area contributed by atoms with Gasteiger partial charge in [-0.15, -0.1) is 0 Å². The van der Waals surface area contributed by atoms with Gasteiger partial charge in [-0.1, -0.05) is 0 Å². The van der Waals surface area contributed by atoms with Crippen LogP contribution in [-0.2, 0) is 14.3 Å². The third-order valence-electron chi connectivity index (χ3n) is 4.52. The van der Waals surface area contributed by atoms with Crippen molar-refractivity contribution in [2.24, 2.45) is 0 Å². The van der Waals surface area contributed by atoms with Gasteiger partial charge in [0.25, 0.3) is 5.69 Å². The number of nitrogens with one attached hydrogen (secondary N) is 1. The molecule has 2 rings (SSSR count). The van der Waals surface area contributed by atoms with E-state index in [-0.39, 0.29) is 11.4 Å². The van der Waals surface area contributed by atoms with Crippen LogP contribution in [0, 0.1) is 10.1 Å². The molecule has 0 aliphatic carbocycles. The first-order chi connectivity index (χ1) is 14.0. The van der Waals surface area contributed by atoms with Crippen molar-refractivity contribution in [2.45, 2.75) is 49.6 Å². The normalized spacial score (nSPS) is 28.2. The molecule has 0 unspecified atom stereocenters. The van der Waals surface area contributed by atoms with Gasteiger partial charge in [-0.3, -0.25) is 14.9 Å². The largest absolute Gasteiger partial charge is 0.476 e. The average molecular weight is 430 g/mol. The Balaban J connectivity index is 2.40. The van der Waals surface area contributed by atoms with Crippen LogP contribution in [0.3, 0.4) is 0 Å². The second-order valence-corrected chi connectivity index (χ2v) is 6.73. The summed E-state index contributed by atoms with van der Waals surface area (Å²) in [5, 5.41) is 62.5. The van der Waals surface area contributed by atoms with E-state index in [9.17, 15) is 40.1 Å². The Kier molecular flexibility index (Phi) is 7.28. The van der Waals surface area contributed by atoms with Crippen molar-refractivity contribution < 1.29 is 49.5 Å². The van der Waals surface area contributed by atoms with Crippen LogP contribution >= 0.6 is 0 Å². The molecule has 1 aliphatic heterocycles. The van der Waals surface area contributed by atoms with Gasteiger partial charge < -0.3 is 40.3 Å². The van der Waals surface area contributed by atoms with Crippen molar-refractivity contribution in [3.63, 3.8) is 0 Å². The second-order valence-electron chi connectivity index (χ2n) is 6.73. The number of carbonyl (C=O) groups excluding carboxylic acids is 1. The molecule has 0 spiro atoms. The highest BCUT2D eigenvalue weighted by molar-refractivity contribution is 5.77. The van der Waals surface area contributed by atoms with Crippen molar-refractivity contribution in [2.75, 3.05) is 6.61 Å². The highest BCUT2D eigenvalue weighted by atomic mass is 16.7. The van der Waals surface area contributed by atoms with Crippen LogP contribution in [0.15, 0.2) is 24.3 Å². The second kappa shape index (κ2) is 9.32. The van der Waals surface area contributed by atoms with Gasteiger partial charge in [0.2, 0.25) is 5.91 Å². The summed E-state index contributed by atoms with van der Waals surface area (Å²) in [6.07, 6.45) is -7.65. The number of hydrogen-bond donors (Lipinski definition) is 6. The standard InChI is InChI=1S/C17H22N2O11/c1-8(21)18-13-11(22)6-17(16(25)26,30-15(13)14(24)12(23)7-20)29-10-4-2-9(3-5-10)19(27)28/h2-5,11-15,20,22-24H,6-7H2,1H3,(H,18,21)(H,25,26)/t11-,12-,13-,14+,15-,17+/m1/s1. The summed E-state index contributed by atoms with van der Waals surface area (Å²) < 4.78 is 10.8. The van der Waals surface area contributed by atoms with Gasteiger partial charge in [0.1, 0.15) is 24.1 Å². The molecule has 0 saturated carbocycles. The van der Waals surface area contributed by atoms with Gasteiger partial charge in [0.05, 0.1) is 30.1 Å². The van der Waals surface area contributed by atoms with Crippen molar-refractivity contribution in [3.05, 3.63) is 34.4 Å². The molecule has 13 nitrogen and oxygen atoms in total. The van der Waals surface area contributed by atoms with E-state index < -0.39 is 66.1 Å². The summed E-state index contributed by atoms with van der Waals surface area (Å²) in [4.78, 5) is 33.5. The zero-order valence-corrected chi connectivity index (χ0v) is 15.7. The summed E-state index contributed by atoms with van der Waals surface area (Å²) in [7, 11) is 0. The SMILES string of the molecule is CC(=O)N[C@H]1[C@H]([C@@H](O)[C@H](O)CO)O[C@](Oc2ccc([N+](=O)[O-])cc2)(C(=O)O)C[C@H]1O. The Morgan fingerprint density at radius 1 is 1.37 bits per heavy atom. The number of ether oxygens (including phenoxy) is 2. The van der Waals surface area contributed by atoms with E-state index in [4.69, 9.17) is 14.6 Å². The summed E-state index contributed by atoms with van der Waals surface area (Å²) in [6.45, 7) is 0.207. The average Bonchev–Trinajstić information content (AvgIpc) is 2.68. The number of carboxylic acid groups (broad SMARTS) is 1. The number of carbonyl (C=O) groups is 2. The summed E-state index contributed by atoms with van der Waals surface area (Å²) >= 11 is 0. The predicted octanol–water partition coefficient (Wildman–Crippen LogP) is -1.88. The number of nitro benzene ring substituents is 1. The van der Waals surface area contributed by atoms with Gasteiger partial charge in [-0.2, -0.15) is 0 Å². The first-order valence-electron chi connectivity index (χ1n) is 8.77. The number of aliphatic hydroxyl groups is 4. The summed E-state index contributed by atoms with van der Waals surface area (Å²) in [5.74, 6) is -5.04. The van der Waals surface area contributed by atoms with Crippen LogP contribution in [0.5, 0.6) is 5.75 Å². The fourth-order valence-electron chi connectivity index (χ4n) is 3.06. The number of amides is 1. The predicted molar refractivity (Wildman–Crippen MR) is 96.3 cm³/mol. The van der Waals surface area contributed by atoms with E-state index in [2.05, 4.69) is 5.32 Å². The Bertz CT molecular complexity index is 786. The van der Waals surface area contributed by atoms with Gasteiger partial charge in [0.15, 0.2) is 0 Å². The number of aliphatic hydroxyl groups excluding tert-OH is 4. The number of benzene rings is 1. The van der Waals surface area contributed by atoms with Crippen LogP contribution in [-0.4, -0.2) is 85.2 Å². The van der Waals surface area contributed by atoms with Crippen LogP contribution < -0.4 is 10.1 Å². The third kappa shape index (κ3) is 5.01. The molecule has 1 aliphatic rings. The summed E-state index contributed by atoms with van der Waals surface area (Å²) in [6, 6.07) is 3.03. The molecule has 0 radical (unpaired) electrons. The summed E-state index contributed by atoms with van der Waals surface area (Å²) in [5.41, 5.74) is -0.276. The van der Waals surface area contributed by atoms with Crippen LogP contribution in [0.1, 0.15) is 13.3 Å². The molecular weight excluding hydrogens is 408 g/mol. The molecule has 6 atom stereocenters. The molecule has 166 valence electrons. The van der Waals surface area contributed by atoms with E-state index in [0.717, 1.165) is 31.2 Å². The number of nitrogens with zero attached hydrogens (tertiary/aromatic N) is 1. The van der Waals surface area contributed by atoms with Crippen LogP contribution in [0.25, 0.3) is 0 Å². The minimum Gasteiger partial charge on any atom is -0.476 e. The number of nitro groups is 1. The first kappa shape index (κ1) is 23.4. The molecule has 1 fully saturated rings. The first-order valence-corrected chi connectivity index (χ1v) is 8.77. The molecule has 1 heterocycles. The fraction of sp³-hybridized carbons (Fsp3) is 0.529. The Morgan fingerprint density at radius 3 is 2.43 bits per heavy atom. The van der Waals surface area contributed by atoms with E-state index >= 15 is 0 Å². The molecule has 6 N–H and O–H groups in total. The minimum atomic E-state index is -2.56. The molecule has 1 saturated heterocycles. The maximum absolute atomic E-state index is 12.0. The maximum Gasteiger partial charge on any atom is 0.377 e. The highest BCUT2D eigenvalue weighted by Crippen LogP contribution is 2.35. The topological polar surface area (TPSA) is 209 Å². The quantitative estimate of drug-likeness (QED) is 0.199. The number of hydrogen-bond acceptors (Lipinski definition) is 10. The third-order valence-corrected chi connectivity index (χ3v) is 4.52. The number of carboxylic acids is 1. The van der Waals surface area contributed by atoms with Crippen molar-refractivity contribution in [1.29, 1.82) is 0 Å². The van der Waals surface area contributed by atoms with Crippen molar-refractivity contribution >= 4 is 17.6 Å². The van der Waals surface area contributed by atoms with Gasteiger partial charge >= 0.3 is 11.8 Å². The van der Waals surface area contributed by atoms with Gasteiger partial charge in [-0.05, 0) is 12.1 Å². The Hall–Kier alpha value is -2.84. The molecule has 1 aromatic rings. The maximum atomic E-state index is 12.0. The van der Waals surface area contributed by atoms with Crippen LogP contribution in [0.4, 0.5) is 5.69 Å². The van der Waals surface area contributed by atoms with Crippen molar-refractivity contribution in [3.8, 4) is 5.75 Å². The van der Waals surface area contributed by atoms with Gasteiger partial charge in [0, 0.05) is 19.1 Å².